The molecule has 146 valence electrons. The number of anilines is 1. The van der Waals surface area contributed by atoms with Crippen LogP contribution < -0.4 is 4.90 Å². The molecule has 0 saturated carbocycles. The first kappa shape index (κ1) is 17.8. The summed E-state index contributed by atoms with van der Waals surface area (Å²) >= 11 is 0. The van der Waals surface area contributed by atoms with Crippen molar-refractivity contribution in [3.8, 4) is 0 Å². The van der Waals surface area contributed by atoms with E-state index in [0.717, 1.165) is 45.7 Å². The Labute approximate surface area is 167 Å². The quantitative estimate of drug-likeness (QED) is 0.821. The fourth-order valence-corrected chi connectivity index (χ4v) is 4.86. The molecule has 1 aromatic carbocycles. The number of hydrogen-bond donors (Lipinski definition) is 0. The van der Waals surface area contributed by atoms with Gasteiger partial charge in [0.2, 0.25) is 0 Å². The van der Waals surface area contributed by atoms with Crippen LogP contribution in [0.5, 0.6) is 0 Å². The number of rotatable bonds is 4. The number of aliphatic imine (C=N–C) groups is 1. The molecule has 3 aliphatic rings. The highest BCUT2D eigenvalue weighted by molar-refractivity contribution is 5.97. The van der Waals surface area contributed by atoms with Gasteiger partial charge in [0.15, 0.2) is 0 Å². The molecule has 4 heterocycles. The molecule has 1 atom stereocenters. The number of likely N-dealkylation sites (tertiary alicyclic amines) is 1. The van der Waals surface area contributed by atoms with Gasteiger partial charge in [-0.1, -0.05) is 12.1 Å². The zero-order valence-electron chi connectivity index (χ0n) is 16.7. The second-order valence-corrected chi connectivity index (χ2v) is 8.30. The summed E-state index contributed by atoms with van der Waals surface area (Å²) in [5.41, 5.74) is 6.51. The van der Waals surface area contributed by atoms with Gasteiger partial charge >= 0.3 is 0 Å². The van der Waals surface area contributed by atoms with Crippen molar-refractivity contribution in [3.63, 3.8) is 0 Å². The summed E-state index contributed by atoms with van der Waals surface area (Å²) in [6, 6.07) is 13.3. The van der Waals surface area contributed by atoms with Gasteiger partial charge in [-0.25, -0.2) is 0 Å². The van der Waals surface area contributed by atoms with E-state index in [2.05, 4.69) is 57.1 Å². The van der Waals surface area contributed by atoms with Crippen LogP contribution in [-0.4, -0.2) is 66.8 Å². The van der Waals surface area contributed by atoms with Crippen LogP contribution in [0.4, 0.5) is 11.4 Å². The number of pyridine rings is 1. The van der Waals surface area contributed by atoms with Gasteiger partial charge in [0, 0.05) is 62.3 Å². The molecule has 3 aliphatic heterocycles. The topological polar surface area (TPSA) is 35.0 Å². The molecule has 2 aromatic rings. The third-order valence-corrected chi connectivity index (χ3v) is 6.41. The van der Waals surface area contributed by atoms with E-state index in [1.165, 1.54) is 41.2 Å². The highest BCUT2D eigenvalue weighted by atomic mass is 15.3. The summed E-state index contributed by atoms with van der Waals surface area (Å²) in [5.74, 6) is 0. The molecule has 28 heavy (non-hydrogen) atoms. The summed E-state index contributed by atoms with van der Waals surface area (Å²) in [5, 5.41) is 0. The fraction of sp³-hybridized carbons (Fsp3) is 0.478. The maximum atomic E-state index is 5.03. The molecule has 0 bridgehead atoms. The van der Waals surface area contributed by atoms with Crippen LogP contribution in [0.25, 0.3) is 0 Å². The van der Waals surface area contributed by atoms with E-state index < -0.39 is 0 Å². The monoisotopic (exact) mass is 375 g/mol. The van der Waals surface area contributed by atoms with Gasteiger partial charge in [-0.15, -0.1) is 0 Å². The second-order valence-electron chi connectivity index (χ2n) is 8.30. The number of benzene rings is 1. The lowest BCUT2D eigenvalue weighted by Gasteiger charge is -2.35. The van der Waals surface area contributed by atoms with Crippen molar-refractivity contribution >= 4 is 17.1 Å². The van der Waals surface area contributed by atoms with E-state index in [-0.39, 0.29) is 0 Å². The first-order chi connectivity index (χ1) is 13.8. The highest BCUT2D eigenvalue weighted by Crippen LogP contribution is 2.37. The van der Waals surface area contributed by atoms with Gasteiger partial charge < -0.3 is 9.80 Å². The van der Waals surface area contributed by atoms with Crippen molar-refractivity contribution in [2.45, 2.75) is 25.3 Å². The summed E-state index contributed by atoms with van der Waals surface area (Å²) in [4.78, 5) is 17.2. The van der Waals surface area contributed by atoms with E-state index in [9.17, 15) is 0 Å². The maximum Gasteiger partial charge on any atom is 0.0686 e. The Morgan fingerprint density at radius 2 is 1.89 bits per heavy atom. The highest BCUT2D eigenvalue weighted by Gasteiger charge is 2.30. The molecule has 0 amide bonds. The zero-order chi connectivity index (χ0) is 18.9. The van der Waals surface area contributed by atoms with Gasteiger partial charge in [0.1, 0.15) is 0 Å². The number of fused-ring (bicyclic) bond motifs is 1. The zero-order valence-corrected chi connectivity index (χ0v) is 16.7. The fourth-order valence-electron chi connectivity index (χ4n) is 4.86. The number of aromatic nitrogens is 1. The van der Waals surface area contributed by atoms with Crippen LogP contribution in [0.2, 0.25) is 0 Å². The van der Waals surface area contributed by atoms with Gasteiger partial charge in [0.05, 0.1) is 17.4 Å². The van der Waals surface area contributed by atoms with Gasteiger partial charge in [-0.3, -0.25) is 14.9 Å². The minimum absolute atomic E-state index is 0.435. The lowest BCUT2D eigenvalue weighted by molar-refractivity contribution is 0.288. The molecule has 2 saturated heterocycles. The smallest absolute Gasteiger partial charge is 0.0686 e. The van der Waals surface area contributed by atoms with Crippen molar-refractivity contribution in [3.05, 3.63) is 53.9 Å². The molecule has 0 aliphatic carbocycles. The maximum absolute atomic E-state index is 5.03. The van der Waals surface area contributed by atoms with E-state index in [1.807, 2.05) is 12.3 Å². The Morgan fingerprint density at radius 1 is 1.00 bits per heavy atom. The van der Waals surface area contributed by atoms with Crippen molar-refractivity contribution in [2.24, 2.45) is 4.99 Å². The predicted molar refractivity (Wildman–Crippen MR) is 115 cm³/mol. The van der Waals surface area contributed by atoms with Crippen LogP contribution in [0.3, 0.4) is 0 Å². The average molecular weight is 376 g/mol. The van der Waals surface area contributed by atoms with Crippen LogP contribution >= 0.6 is 0 Å². The molecule has 5 rings (SSSR count). The molecule has 5 nitrogen and oxygen atoms in total. The third kappa shape index (κ3) is 3.45. The Morgan fingerprint density at radius 3 is 2.71 bits per heavy atom. The molecule has 5 heteroatoms. The molecule has 0 radical (unpaired) electrons. The number of likely N-dealkylation sites (N-methyl/N-ethyl adjacent to an activating group) is 1. The standard InChI is InChI=1S/C23H29N5/c1-26-12-14-27(15-13-26)22-8-4-7-20-19(22)16-18(25-20)17-28-11-5-9-23(28)21-6-2-3-10-24-21/h2-4,6-8,10,23H,5,9,11-17H2,1H3. The molecule has 2 fully saturated rings. The molecule has 1 aromatic heterocycles. The Kier molecular flexibility index (Phi) is 4.87. The van der Waals surface area contributed by atoms with Crippen molar-refractivity contribution in [1.82, 2.24) is 14.8 Å². The van der Waals surface area contributed by atoms with Crippen LogP contribution in [0.15, 0.2) is 47.6 Å². The van der Waals surface area contributed by atoms with E-state index in [4.69, 9.17) is 4.99 Å². The summed E-state index contributed by atoms with van der Waals surface area (Å²) in [6.07, 6.45) is 5.35. The Hall–Kier alpha value is -2.24. The molecule has 0 spiro atoms. The minimum Gasteiger partial charge on any atom is -0.369 e. The van der Waals surface area contributed by atoms with Gasteiger partial charge in [-0.2, -0.15) is 0 Å². The van der Waals surface area contributed by atoms with Crippen LogP contribution in [0.1, 0.15) is 30.1 Å². The lowest BCUT2D eigenvalue weighted by Crippen LogP contribution is -2.44. The summed E-state index contributed by atoms with van der Waals surface area (Å²) in [6.45, 7) is 6.58. The Balaban J connectivity index is 1.31. The predicted octanol–water partition coefficient (Wildman–Crippen LogP) is 3.30. The molecular weight excluding hydrogens is 346 g/mol. The van der Waals surface area contributed by atoms with Crippen molar-refractivity contribution < 1.29 is 0 Å². The average Bonchev–Trinajstić information content (AvgIpc) is 3.36. The lowest BCUT2D eigenvalue weighted by atomic mass is 10.0. The largest absolute Gasteiger partial charge is 0.369 e. The van der Waals surface area contributed by atoms with E-state index in [0.29, 0.717) is 6.04 Å². The molecule has 1 unspecified atom stereocenters. The summed E-state index contributed by atoms with van der Waals surface area (Å²) in [7, 11) is 2.21. The first-order valence-electron chi connectivity index (χ1n) is 10.5. The number of nitrogens with zero attached hydrogens (tertiary/aromatic N) is 5. The Bertz CT molecular complexity index is 855. The van der Waals surface area contributed by atoms with E-state index in [1.54, 1.807) is 0 Å². The van der Waals surface area contributed by atoms with Crippen LogP contribution in [-0.2, 0) is 6.42 Å². The second kappa shape index (κ2) is 7.64. The molecule has 0 N–H and O–H groups in total. The van der Waals surface area contributed by atoms with Crippen molar-refractivity contribution in [1.29, 1.82) is 0 Å². The first-order valence-corrected chi connectivity index (χ1v) is 10.5. The normalized spacial score (nSPS) is 23.1. The SMILES string of the molecule is CN1CCN(c2cccc3c2CC(CN2CCCC2c2ccccn2)=N3)CC1. The van der Waals surface area contributed by atoms with Gasteiger partial charge in [0.25, 0.3) is 0 Å². The van der Waals surface area contributed by atoms with E-state index >= 15 is 0 Å². The summed E-state index contributed by atoms with van der Waals surface area (Å²) < 4.78 is 0. The molecular formula is C23H29N5. The van der Waals surface area contributed by atoms with Crippen molar-refractivity contribution in [2.75, 3.05) is 51.2 Å². The van der Waals surface area contributed by atoms with Crippen LogP contribution in [0, 0.1) is 0 Å². The minimum atomic E-state index is 0.435. The van der Waals surface area contributed by atoms with Gasteiger partial charge in [-0.05, 0) is 50.7 Å². The number of piperazine rings is 1. The number of hydrogen-bond acceptors (Lipinski definition) is 5. The third-order valence-electron chi connectivity index (χ3n) is 6.41.